The predicted molar refractivity (Wildman–Crippen MR) is 79.7 cm³/mol. The molecule has 0 fully saturated rings. The lowest BCUT2D eigenvalue weighted by molar-refractivity contribution is 0.199. The van der Waals surface area contributed by atoms with Crippen LogP contribution in [0.15, 0.2) is 34.5 Å². The van der Waals surface area contributed by atoms with Crippen LogP contribution in [0.25, 0.3) is 0 Å². The quantitative estimate of drug-likeness (QED) is 0.870. The van der Waals surface area contributed by atoms with E-state index in [1.54, 1.807) is 23.5 Å². The largest absolute Gasteiger partial charge is 0.384 e. The van der Waals surface area contributed by atoms with Crippen LogP contribution in [0.5, 0.6) is 0 Å². The summed E-state index contributed by atoms with van der Waals surface area (Å²) in [7, 11) is 1.67. The van der Waals surface area contributed by atoms with Gasteiger partial charge in [-0.25, -0.2) is 0 Å². The molecule has 1 aromatic carbocycles. The van der Waals surface area contributed by atoms with Gasteiger partial charge in [0.1, 0.15) is 0 Å². The summed E-state index contributed by atoms with van der Waals surface area (Å²) in [5, 5.41) is 14.5. The molecule has 7 heteroatoms. The van der Waals surface area contributed by atoms with Crippen molar-refractivity contribution in [1.29, 1.82) is 0 Å². The number of rotatable bonds is 4. The number of halogens is 1. The summed E-state index contributed by atoms with van der Waals surface area (Å²) in [5.74, 6) is 1.60. The molecule has 0 saturated carbocycles. The molecular weight excluding hydrogens is 296 g/mol. The van der Waals surface area contributed by atoms with Crippen molar-refractivity contribution >= 4 is 29.1 Å². The van der Waals surface area contributed by atoms with Crippen LogP contribution in [0.1, 0.15) is 11.4 Å². The van der Waals surface area contributed by atoms with Gasteiger partial charge >= 0.3 is 0 Å². The molecule has 0 atom stereocenters. The van der Waals surface area contributed by atoms with Crippen LogP contribution in [0.4, 0.5) is 0 Å². The predicted octanol–water partition coefficient (Wildman–Crippen LogP) is 2.48. The van der Waals surface area contributed by atoms with Crippen molar-refractivity contribution in [3.05, 3.63) is 40.7 Å². The summed E-state index contributed by atoms with van der Waals surface area (Å²) < 4.78 is 6.88. The minimum atomic E-state index is 0.606. The van der Waals surface area contributed by atoms with E-state index in [1.165, 1.54) is 0 Å². The van der Waals surface area contributed by atoms with E-state index in [0.717, 1.165) is 33.0 Å². The number of benzene rings is 1. The number of aromatic nitrogens is 3. The van der Waals surface area contributed by atoms with Crippen LogP contribution in [-0.2, 0) is 11.2 Å². The van der Waals surface area contributed by atoms with Gasteiger partial charge in [0.25, 0.3) is 0 Å². The van der Waals surface area contributed by atoms with Crippen LogP contribution in [0.2, 0.25) is 5.02 Å². The zero-order valence-electron chi connectivity index (χ0n) is 10.9. The Labute approximate surface area is 126 Å². The maximum absolute atomic E-state index is 5.91. The first-order valence-electron chi connectivity index (χ1n) is 6.18. The van der Waals surface area contributed by atoms with Crippen molar-refractivity contribution < 1.29 is 4.74 Å². The molecule has 2 heterocycles. The van der Waals surface area contributed by atoms with E-state index in [0.29, 0.717) is 13.0 Å². The molecule has 0 bridgehead atoms. The van der Waals surface area contributed by atoms with Gasteiger partial charge in [-0.1, -0.05) is 35.5 Å². The number of methoxy groups -OCH3 is 1. The molecule has 1 aromatic heterocycles. The first-order chi connectivity index (χ1) is 9.78. The number of hydrogen-bond acceptors (Lipinski definition) is 5. The summed E-state index contributed by atoms with van der Waals surface area (Å²) in [4.78, 5) is 0. The van der Waals surface area contributed by atoms with Crippen molar-refractivity contribution in [2.45, 2.75) is 11.6 Å². The van der Waals surface area contributed by atoms with Gasteiger partial charge in [-0.15, -0.1) is 10.2 Å². The molecule has 3 rings (SSSR count). The Kier molecular flexibility index (Phi) is 4.05. The Morgan fingerprint density at radius 1 is 1.30 bits per heavy atom. The lowest BCUT2D eigenvalue weighted by Gasteiger charge is -2.13. The molecule has 1 aliphatic rings. The average molecular weight is 309 g/mol. The summed E-state index contributed by atoms with van der Waals surface area (Å²) in [6, 6.07) is 7.70. The maximum atomic E-state index is 5.91. The molecule has 2 aromatic rings. The fourth-order valence-electron chi connectivity index (χ4n) is 1.90. The molecule has 5 nitrogen and oxygen atoms in total. The van der Waals surface area contributed by atoms with E-state index < -0.39 is 0 Å². The molecule has 0 N–H and O–H groups in total. The molecule has 104 valence electrons. The SMILES string of the molecule is COCCc1nnc2n1N=C(c1ccc(Cl)cc1)CS2. The summed E-state index contributed by atoms with van der Waals surface area (Å²) in [6.45, 7) is 0.606. The Hall–Kier alpha value is -1.37. The monoisotopic (exact) mass is 308 g/mol. The maximum Gasteiger partial charge on any atom is 0.212 e. The van der Waals surface area contributed by atoms with Gasteiger partial charge in [-0.2, -0.15) is 9.78 Å². The Morgan fingerprint density at radius 2 is 2.10 bits per heavy atom. The molecule has 0 aliphatic carbocycles. The van der Waals surface area contributed by atoms with Crippen molar-refractivity contribution in [3.63, 3.8) is 0 Å². The van der Waals surface area contributed by atoms with Crippen molar-refractivity contribution in [1.82, 2.24) is 14.9 Å². The molecule has 20 heavy (non-hydrogen) atoms. The van der Waals surface area contributed by atoms with Gasteiger partial charge in [0.2, 0.25) is 5.16 Å². The number of ether oxygens (including phenoxy) is 1. The van der Waals surface area contributed by atoms with E-state index in [-0.39, 0.29) is 0 Å². The molecule has 1 aliphatic heterocycles. The summed E-state index contributed by atoms with van der Waals surface area (Å²) >= 11 is 7.55. The second kappa shape index (κ2) is 5.95. The van der Waals surface area contributed by atoms with Crippen LogP contribution in [0, 0.1) is 0 Å². The highest BCUT2D eigenvalue weighted by Gasteiger charge is 2.19. The van der Waals surface area contributed by atoms with Crippen LogP contribution >= 0.6 is 23.4 Å². The Bertz CT molecular complexity index is 638. The van der Waals surface area contributed by atoms with E-state index in [9.17, 15) is 0 Å². The minimum absolute atomic E-state index is 0.606. The summed E-state index contributed by atoms with van der Waals surface area (Å²) in [6.07, 6.45) is 0.696. The lowest BCUT2D eigenvalue weighted by atomic mass is 10.1. The highest BCUT2D eigenvalue weighted by atomic mass is 35.5. The highest BCUT2D eigenvalue weighted by molar-refractivity contribution is 7.99. The Balaban J connectivity index is 1.92. The van der Waals surface area contributed by atoms with Gasteiger partial charge in [0.05, 0.1) is 12.3 Å². The lowest BCUT2D eigenvalue weighted by Crippen LogP contribution is -2.15. The Morgan fingerprint density at radius 3 is 2.85 bits per heavy atom. The molecule has 0 radical (unpaired) electrons. The number of thioether (sulfide) groups is 1. The van der Waals surface area contributed by atoms with Gasteiger partial charge < -0.3 is 4.74 Å². The van der Waals surface area contributed by atoms with Crippen LogP contribution < -0.4 is 0 Å². The van der Waals surface area contributed by atoms with E-state index in [1.807, 2.05) is 24.3 Å². The smallest absolute Gasteiger partial charge is 0.212 e. The topological polar surface area (TPSA) is 52.3 Å². The van der Waals surface area contributed by atoms with Gasteiger partial charge in [0, 0.05) is 24.3 Å². The zero-order valence-corrected chi connectivity index (χ0v) is 12.5. The standard InChI is InChI=1S/C13H13ClN4OS/c1-19-7-6-12-15-16-13-18(12)17-11(8-20-13)9-2-4-10(14)5-3-9/h2-5H,6-8H2,1H3. The van der Waals surface area contributed by atoms with Crippen LogP contribution in [-0.4, -0.2) is 40.1 Å². The minimum Gasteiger partial charge on any atom is -0.384 e. The van der Waals surface area contributed by atoms with E-state index >= 15 is 0 Å². The van der Waals surface area contributed by atoms with Crippen molar-refractivity contribution in [3.8, 4) is 0 Å². The second-order valence-electron chi connectivity index (χ2n) is 4.30. The molecular formula is C13H13ClN4OS. The van der Waals surface area contributed by atoms with Gasteiger partial charge in [0.15, 0.2) is 5.82 Å². The van der Waals surface area contributed by atoms with E-state index in [4.69, 9.17) is 16.3 Å². The van der Waals surface area contributed by atoms with Crippen molar-refractivity contribution in [2.75, 3.05) is 19.5 Å². The average Bonchev–Trinajstić information content (AvgIpc) is 2.88. The van der Waals surface area contributed by atoms with Gasteiger partial charge in [-0.05, 0) is 17.7 Å². The fourth-order valence-corrected chi connectivity index (χ4v) is 2.88. The third kappa shape index (κ3) is 2.72. The number of nitrogens with zero attached hydrogens (tertiary/aromatic N) is 4. The number of hydrogen-bond donors (Lipinski definition) is 0. The molecule has 0 amide bonds. The zero-order chi connectivity index (χ0) is 13.9. The first-order valence-corrected chi connectivity index (χ1v) is 7.54. The fraction of sp³-hybridized carbons (Fsp3) is 0.308. The summed E-state index contributed by atoms with van der Waals surface area (Å²) in [5.41, 5.74) is 2.07. The van der Waals surface area contributed by atoms with Crippen LogP contribution in [0.3, 0.4) is 0 Å². The molecule has 0 saturated heterocycles. The first kappa shape index (κ1) is 13.6. The highest BCUT2D eigenvalue weighted by Crippen LogP contribution is 2.24. The van der Waals surface area contributed by atoms with E-state index in [2.05, 4.69) is 15.3 Å². The van der Waals surface area contributed by atoms with Gasteiger partial charge in [-0.3, -0.25) is 0 Å². The normalized spacial score (nSPS) is 14.0. The molecule has 0 spiro atoms. The number of fused-ring (bicyclic) bond motifs is 1. The van der Waals surface area contributed by atoms with Crippen molar-refractivity contribution in [2.24, 2.45) is 5.10 Å². The second-order valence-corrected chi connectivity index (χ2v) is 5.67. The molecule has 0 unspecified atom stereocenters. The third-order valence-corrected chi connectivity index (χ3v) is 4.13. The third-order valence-electron chi connectivity index (χ3n) is 2.94.